The van der Waals surface area contributed by atoms with Gasteiger partial charge < -0.3 is 9.23 Å². The highest BCUT2D eigenvalue weighted by molar-refractivity contribution is 6.82. The molecule has 6 heteroatoms. The second-order valence-corrected chi connectivity index (χ2v) is 11.4. The average Bonchev–Trinajstić information content (AvgIpc) is 3.46. The molecular formula is C33H36BN4O+. The maximum Gasteiger partial charge on any atom is 0.421 e. The molecule has 0 amide bonds. The van der Waals surface area contributed by atoms with Crippen LogP contribution in [0.1, 0.15) is 56.4 Å². The Kier molecular flexibility index (Phi) is 6.21. The molecule has 0 spiro atoms. The van der Waals surface area contributed by atoms with Gasteiger partial charge in [0, 0.05) is 33.6 Å². The first kappa shape index (κ1) is 25.2. The van der Waals surface area contributed by atoms with Gasteiger partial charge in [0.2, 0.25) is 11.4 Å². The monoisotopic (exact) mass is 515 g/mol. The molecule has 0 saturated carbocycles. The first-order valence-electron chi connectivity index (χ1n) is 13.8. The van der Waals surface area contributed by atoms with Gasteiger partial charge >= 0.3 is 6.85 Å². The molecular weight excluding hydrogens is 479 g/mol. The molecule has 1 aliphatic rings. The number of aromatic nitrogens is 3. The zero-order valence-corrected chi connectivity index (χ0v) is 23.9. The largest absolute Gasteiger partial charge is 0.436 e. The molecule has 0 saturated heterocycles. The summed E-state index contributed by atoms with van der Waals surface area (Å²) in [5, 5.41) is 2.17. The Labute approximate surface area is 230 Å². The van der Waals surface area contributed by atoms with Crippen LogP contribution in [0.15, 0.2) is 71.4 Å². The zero-order valence-electron chi connectivity index (χ0n) is 23.9. The van der Waals surface area contributed by atoms with E-state index in [1.54, 1.807) is 0 Å². The molecule has 39 heavy (non-hydrogen) atoms. The first-order valence-corrected chi connectivity index (χ1v) is 13.8. The van der Waals surface area contributed by atoms with Gasteiger partial charge in [0.1, 0.15) is 18.1 Å². The van der Waals surface area contributed by atoms with Crippen LogP contribution in [0.2, 0.25) is 0 Å². The number of fused-ring (bicyclic) bond motifs is 3. The van der Waals surface area contributed by atoms with Crippen molar-refractivity contribution in [2.75, 3.05) is 7.05 Å². The van der Waals surface area contributed by atoms with Crippen molar-refractivity contribution in [3.05, 3.63) is 94.4 Å². The highest BCUT2D eigenvalue weighted by Crippen LogP contribution is 2.35. The molecule has 0 bridgehead atoms. The molecule has 3 aromatic heterocycles. The Bertz CT molecular complexity index is 1790. The van der Waals surface area contributed by atoms with Gasteiger partial charge in [0.25, 0.3) is 0 Å². The maximum absolute atomic E-state index is 6.16. The molecule has 0 aliphatic carbocycles. The van der Waals surface area contributed by atoms with E-state index in [1.165, 1.54) is 33.7 Å². The van der Waals surface area contributed by atoms with Crippen molar-refractivity contribution in [2.45, 2.75) is 46.5 Å². The van der Waals surface area contributed by atoms with E-state index in [0.717, 1.165) is 21.7 Å². The van der Waals surface area contributed by atoms with Gasteiger partial charge in [-0.1, -0.05) is 64.0 Å². The van der Waals surface area contributed by atoms with Crippen LogP contribution < -0.4 is 20.9 Å². The normalized spacial score (nSPS) is 13.3. The Balaban J connectivity index is 1.59. The van der Waals surface area contributed by atoms with Crippen molar-refractivity contribution in [1.82, 2.24) is 14.4 Å². The number of rotatable bonds is 5. The number of hydrogen-bond donors (Lipinski definition) is 0. The van der Waals surface area contributed by atoms with Crippen LogP contribution >= 0.6 is 0 Å². The van der Waals surface area contributed by atoms with Crippen LogP contribution in [0.3, 0.4) is 0 Å². The number of imidazole rings is 1. The molecule has 5 nitrogen and oxygen atoms in total. The van der Waals surface area contributed by atoms with Gasteiger partial charge in [-0.25, -0.2) is 14.1 Å². The number of aryl methyl sites for hydroxylation is 2. The summed E-state index contributed by atoms with van der Waals surface area (Å²) >= 11 is 0. The predicted octanol–water partition coefficient (Wildman–Crippen LogP) is 4.57. The van der Waals surface area contributed by atoms with E-state index >= 15 is 0 Å². The lowest BCUT2D eigenvalue weighted by molar-refractivity contribution is -0.653. The summed E-state index contributed by atoms with van der Waals surface area (Å²) in [4.78, 5) is 6.88. The topological polar surface area (TPSA) is 38.1 Å². The van der Waals surface area contributed by atoms with Gasteiger partial charge in [-0.3, -0.25) is 0 Å². The van der Waals surface area contributed by atoms with Crippen LogP contribution in [-0.4, -0.2) is 28.3 Å². The van der Waals surface area contributed by atoms with Crippen molar-refractivity contribution >= 4 is 35.8 Å². The maximum atomic E-state index is 6.16. The van der Waals surface area contributed by atoms with E-state index in [9.17, 15) is 0 Å². The molecule has 0 atom stereocenters. The summed E-state index contributed by atoms with van der Waals surface area (Å²) in [5.74, 6) is 3.05. The molecule has 0 unspecified atom stereocenters. The number of furan rings is 1. The zero-order chi connectivity index (χ0) is 27.4. The molecule has 5 aromatic rings. The van der Waals surface area contributed by atoms with E-state index in [2.05, 4.69) is 140 Å². The number of pyridine rings is 1. The van der Waals surface area contributed by atoms with Gasteiger partial charge in [0.15, 0.2) is 5.42 Å². The number of benzene rings is 2. The van der Waals surface area contributed by atoms with Crippen molar-refractivity contribution in [2.24, 2.45) is 7.05 Å². The average molecular weight is 515 g/mol. The lowest BCUT2D eigenvalue weighted by Gasteiger charge is -2.23. The SMILES string of the molecule is Cc1ccc2c3c(oc2n1)=CN(C)B(c1n(-c2c(C(C)C)cc(-c4ccccc4)cc2C(C)C)cc[n+]1C)C=3. The fourth-order valence-corrected chi connectivity index (χ4v) is 5.84. The van der Waals surface area contributed by atoms with Crippen LogP contribution in [-0.2, 0) is 7.05 Å². The second kappa shape index (κ2) is 9.60. The molecule has 1 aliphatic heterocycles. The summed E-state index contributed by atoms with van der Waals surface area (Å²) in [6.07, 6.45) is 6.50. The molecule has 196 valence electrons. The van der Waals surface area contributed by atoms with Gasteiger partial charge in [-0.2, -0.15) is 0 Å². The van der Waals surface area contributed by atoms with Crippen LogP contribution in [0.5, 0.6) is 0 Å². The first-order chi connectivity index (χ1) is 18.7. The van der Waals surface area contributed by atoms with E-state index in [-0.39, 0.29) is 6.85 Å². The minimum Gasteiger partial charge on any atom is -0.436 e. The molecule has 0 fully saturated rings. The summed E-state index contributed by atoms with van der Waals surface area (Å²) in [5.41, 5.74) is 10.2. The van der Waals surface area contributed by atoms with Crippen molar-refractivity contribution in [3.8, 4) is 16.8 Å². The summed E-state index contributed by atoms with van der Waals surface area (Å²) in [6.45, 7) is 11.2. The van der Waals surface area contributed by atoms with Crippen molar-refractivity contribution in [1.29, 1.82) is 0 Å². The highest BCUT2D eigenvalue weighted by Gasteiger charge is 2.37. The fourth-order valence-electron chi connectivity index (χ4n) is 5.84. The third-order valence-corrected chi connectivity index (χ3v) is 7.92. The third kappa shape index (κ3) is 4.28. The lowest BCUT2D eigenvalue weighted by Crippen LogP contribution is -2.62. The van der Waals surface area contributed by atoms with E-state index in [0.29, 0.717) is 17.5 Å². The van der Waals surface area contributed by atoms with Crippen LogP contribution in [0.25, 0.3) is 40.1 Å². The van der Waals surface area contributed by atoms with Crippen molar-refractivity contribution < 1.29 is 8.98 Å². The Hall–Kier alpha value is -4.06. The van der Waals surface area contributed by atoms with Gasteiger partial charge in [0.05, 0.1) is 7.05 Å². The van der Waals surface area contributed by atoms with Crippen LogP contribution in [0, 0.1) is 6.92 Å². The highest BCUT2D eigenvalue weighted by atomic mass is 16.3. The molecule has 4 heterocycles. The van der Waals surface area contributed by atoms with E-state index < -0.39 is 0 Å². The number of nitrogens with zero attached hydrogens (tertiary/aromatic N) is 4. The van der Waals surface area contributed by atoms with Crippen LogP contribution in [0.4, 0.5) is 0 Å². The quantitative estimate of drug-likeness (QED) is 0.254. The number of hydrogen-bond acceptors (Lipinski definition) is 3. The fraction of sp³-hybridized carbons (Fsp3) is 0.273. The Morgan fingerprint density at radius 3 is 2.28 bits per heavy atom. The smallest absolute Gasteiger partial charge is 0.421 e. The second-order valence-electron chi connectivity index (χ2n) is 11.4. The summed E-state index contributed by atoms with van der Waals surface area (Å²) in [6, 6.07) is 19.7. The minimum atomic E-state index is 0.0217. The standard InChI is InChI=1S/C33H36BN4O/c1-21(2)27-17-25(24-11-9-8-10-12-24)18-28(22(3)4)31(27)38-16-15-36(6)33(38)34-19-29-26-14-13-23(5)35-32(26)39-30(29)20-37(34)7/h8-22H,1-7H3/q+1. The van der Waals surface area contributed by atoms with Gasteiger partial charge in [-0.05, 0) is 61.2 Å². The predicted molar refractivity (Wildman–Crippen MR) is 161 cm³/mol. The molecule has 6 rings (SSSR count). The summed E-state index contributed by atoms with van der Waals surface area (Å²) < 4.78 is 10.8. The molecule has 0 radical (unpaired) electrons. The van der Waals surface area contributed by atoms with E-state index in [4.69, 9.17) is 4.42 Å². The Morgan fingerprint density at radius 2 is 1.62 bits per heavy atom. The minimum absolute atomic E-state index is 0.0217. The third-order valence-electron chi connectivity index (χ3n) is 7.92. The molecule has 2 aromatic carbocycles. The van der Waals surface area contributed by atoms with Gasteiger partial charge in [-0.15, -0.1) is 0 Å². The molecule has 0 N–H and O–H groups in total. The summed E-state index contributed by atoms with van der Waals surface area (Å²) in [7, 11) is 4.27. The Morgan fingerprint density at radius 1 is 0.923 bits per heavy atom. The lowest BCUT2D eigenvalue weighted by atomic mass is 9.57. The van der Waals surface area contributed by atoms with Crippen molar-refractivity contribution in [3.63, 3.8) is 0 Å². The van der Waals surface area contributed by atoms with E-state index in [1.807, 2.05) is 6.92 Å².